The van der Waals surface area contributed by atoms with Gasteiger partial charge in [-0.2, -0.15) is 0 Å². The molecule has 3 heteroatoms. The van der Waals surface area contributed by atoms with Crippen LogP contribution in [0.4, 0.5) is 5.69 Å². The molecule has 1 aromatic carbocycles. The molecule has 0 bridgehead atoms. The van der Waals surface area contributed by atoms with Gasteiger partial charge in [-0.15, -0.1) is 0 Å². The Labute approximate surface area is 123 Å². The molecule has 1 saturated carbocycles. The van der Waals surface area contributed by atoms with Crippen molar-refractivity contribution in [2.45, 2.75) is 51.1 Å². The molecule has 3 nitrogen and oxygen atoms in total. The lowest BCUT2D eigenvalue weighted by atomic mass is 9.96. The van der Waals surface area contributed by atoms with E-state index in [1.165, 1.54) is 18.5 Å². The van der Waals surface area contributed by atoms with E-state index in [1.807, 2.05) is 0 Å². The molecule has 20 heavy (non-hydrogen) atoms. The maximum atomic E-state index is 9.63. The van der Waals surface area contributed by atoms with E-state index in [-0.39, 0.29) is 12.1 Å². The molecular formula is C17H28N2O. The summed E-state index contributed by atoms with van der Waals surface area (Å²) in [5.74, 6) is 0. The summed E-state index contributed by atoms with van der Waals surface area (Å²) in [6.07, 6.45) is 4.64. The Balaban J connectivity index is 1.80. The fraction of sp³-hybridized carbons (Fsp3) is 0.647. The second-order valence-electron chi connectivity index (χ2n) is 6.16. The number of anilines is 1. The third-order valence-electron chi connectivity index (χ3n) is 4.14. The maximum absolute atomic E-state index is 9.63. The van der Waals surface area contributed by atoms with Gasteiger partial charge in [-0.25, -0.2) is 0 Å². The van der Waals surface area contributed by atoms with Crippen LogP contribution in [0.1, 0.15) is 39.5 Å². The van der Waals surface area contributed by atoms with E-state index >= 15 is 0 Å². The lowest BCUT2D eigenvalue weighted by molar-refractivity contribution is 0.162. The van der Waals surface area contributed by atoms with Gasteiger partial charge in [0.25, 0.3) is 0 Å². The minimum Gasteiger partial charge on any atom is -0.394 e. The molecule has 0 heterocycles. The lowest BCUT2D eigenvalue weighted by Gasteiger charge is -2.31. The minimum absolute atomic E-state index is 0.114. The highest BCUT2D eigenvalue weighted by Gasteiger charge is 2.31. The largest absolute Gasteiger partial charge is 0.394 e. The number of aliphatic hydroxyl groups excluding tert-OH is 1. The summed E-state index contributed by atoms with van der Waals surface area (Å²) >= 11 is 0. The Kier molecular flexibility index (Phi) is 5.44. The molecule has 0 spiro atoms. The fourth-order valence-electron chi connectivity index (χ4n) is 2.69. The van der Waals surface area contributed by atoms with Crippen molar-refractivity contribution in [1.82, 2.24) is 5.32 Å². The van der Waals surface area contributed by atoms with E-state index in [9.17, 15) is 5.11 Å². The van der Waals surface area contributed by atoms with E-state index in [0.29, 0.717) is 6.04 Å². The minimum atomic E-state index is -0.114. The third kappa shape index (κ3) is 4.50. The molecule has 1 fully saturated rings. The standard InChI is InChI=1S/C17H28N2O/c1-3-19(16-8-5-4-6-9-16)13-7-12-17(2,14-20)18-15-10-11-15/h4-6,8-9,15,18,20H,3,7,10-14H2,1-2H3. The molecule has 1 aliphatic rings. The summed E-state index contributed by atoms with van der Waals surface area (Å²) in [6.45, 7) is 6.63. The highest BCUT2D eigenvalue weighted by molar-refractivity contribution is 5.45. The second kappa shape index (κ2) is 7.09. The number of hydrogen-bond acceptors (Lipinski definition) is 3. The third-order valence-corrected chi connectivity index (χ3v) is 4.14. The van der Waals surface area contributed by atoms with Crippen molar-refractivity contribution >= 4 is 5.69 Å². The van der Waals surface area contributed by atoms with Crippen LogP contribution < -0.4 is 10.2 Å². The molecule has 2 N–H and O–H groups in total. The first-order valence-electron chi connectivity index (χ1n) is 7.85. The number of para-hydroxylation sites is 1. The van der Waals surface area contributed by atoms with Gasteiger partial charge in [0.1, 0.15) is 0 Å². The Morgan fingerprint density at radius 3 is 2.55 bits per heavy atom. The van der Waals surface area contributed by atoms with Crippen LogP contribution in [-0.2, 0) is 0 Å². The molecule has 2 rings (SSSR count). The topological polar surface area (TPSA) is 35.5 Å². The smallest absolute Gasteiger partial charge is 0.0610 e. The van der Waals surface area contributed by atoms with Crippen molar-refractivity contribution in [2.75, 3.05) is 24.6 Å². The van der Waals surface area contributed by atoms with Gasteiger partial charge in [0.15, 0.2) is 0 Å². The first kappa shape index (κ1) is 15.3. The molecule has 0 amide bonds. The zero-order valence-corrected chi connectivity index (χ0v) is 12.8. The first-order valence-corrected chi connectivity index (χ1v) is 7.85. The molecule has 1 atom stereocenters. The fourth-order valence-corrected chi connectivity index (χ4v) is 2.69. The van der Waals surface area contributed by atoms with E-state index in [1.54, 1.807) is 0 Å². The number of rotatable bonds is 9. The van der Waals surface area contributed by atoms with Crippen LogP contribution in [-0.4, -0.2) is 36.4 Å². The van der Waals surface area contributed by atoms with Gasteiger partial charge < -0.3 is 15.3 Å². The number of nitrogens with one attached hydrogen (secondary N) is 1. The zero-order valence-electron chi connectivity index (χ0n) is 12.8. The van der Waals surface area contributed by atoms with Crippen LogP contribution in [0.2, 0.25) is 0 Å². The summed E-state index contributed by atoms with van der Waals surface area (Å²) in [6, 6.07) is 11.2. The van der Waals surface area contributed by atoms with Crippen LogP contribution in [0.5, 0.6) is 0 Å². The van der Waals surface area contributed by atoms with Crippen molar-refractivity contribution in [3.63, 3.8) is 0 Å². The van der Waals surface area contributed by atoms with Crippen molar-refractivity contribution in [1.29, 1.82) is 0 Å². The van der Waals surface area contributed by atoms with E-state index < -0.39 is 0 Å². The molecule has 1 aliphatic carbocycles. The first-order chi connectivity index (χ1) is 9.67. The van der Waals surface area contributed by atoms with E-state index in [2.05, 4.69) is 54.4 Å². The highest BCUT2D eigenvalue weighted by Crippen LogP contribution is 2.25. The Morgan fingerprint density at radius 1 is 1.30 bits per heavy atom. The van der Waals surface area contributed by atoms with Crippen LogP contribution in [0.15, 0.2) is 30.3 Å². The summed E-state index contributed by atoms with van der Waals surface area (Å²) < 4.78 is 0. The molecule has 1 aromatic rings. The van der Waals surface area contributed by atoms with Crippen LogP contribution >= 0.6 is 0 Å². The summed E-state index contributed by atoms with van der Waals surface area (Å²) in [5, 5.41) is 13.2. The van der Waals surface area contributed by atoms with Gasteiger partial charge >= 0.3 is 0 Å². The second-order valence-corrected chi connectivity index (χ2v) is 6.16. The quantitative estimate of drug-likeness (QED) is 0.728. The van der Waals surface area contributed by atoms with Gasteiger partial charge in [0.05, 0.1) is 6.61 Å². The number of aliphatic hydroxyl groups is 1. The van der Waals surface area contributed by atoms with Crippen LogP contribution in [0, 0.1) is 0 Å². The maximum Gasteiger partial charge on any atom is 0.0610 e. The number of benzene rings is 1. The Bertz CT molecular complexity index is 391. The van der Waals surface area contributed by atoms with E-state index in [0.717, 1.165) is 25.9 Å². The average molecular weight is 276 g/mol. The van der Waals surface area contributed by atoms with Crippen molar-refractivity contribution in [3.8, 4) is 0 Å². The normalized spacial score (nSPS) is 17.8. The molecule has 1 unspecified atom stereocenters. The van der Waals surface area contributed by atoms with Crippen molar-refractivity contribution in [3.05, 3.63) is 30.3 Å². The Hall–Kier alpha value is -1.06. The average Bonchev–Trinajstić information content (AvgIpc) is 3.28. The van der Waals surface area contributed by atoms with Gasteiger partial charge in [-0.1, -0.05) is 18.2 Å². The van der Waals surface area contributed by atoms with Gasteiger partial charge in [-0.05, 0) is 51.7 Å². The van der Waals surface area contributed by atoms with E-state index in [4.69, 9.17) is 0 Å². The zero-order chi connectivity index (χ0) is 14.4. The number of nitrogens with zero attached hydrogens (tertiary/aromatic N) is 1. The number of hydrogen-bond donors (Lipinski definition) is 2. The monoisotopic (exact) mass is 276 g/mol. The highest BCUT2D eigenvalue weighted by atomic mass is 16.3. The van der Waals surface area contributed by atoms with Crippen LogP contribution in [0.25, 0.3) is 0 Å². The summed E-state index contributed by atoms with van der Waals surface area (Å²) in [4.78, 5) is 2.40. The van der Waals surface area contributed by atoms with Gasteiger partial charge in [0.2, 0.25) is 0 Å². The SMILES string of the molecule is CCN(CCCC(C)(CO)NC1CC1)c1ccccc1. The predicted octanol–water partition coefficient (Wildman–Crippen LogP) is 2.80. The lowest BCUT2D eigenvalue weighted by Crippen LogP contribution is -2.47. The molecule has 0 radical (unpaired) electrons. The Morgan fingerprint density at radius 2 is 2.00 bits per heavy atom. The van der Waals surface area contributed by atoms with Gasteiger partial charge in [-0.3, -0.25) is 0 Å². The summed E-state index contributed by atoms with van der Waals surface area (Å²) in [7, 11) is 0. The summed E-state index contributed by atoms with van der Waals surface area (Å²) in [5.41, 5.74) is 1.17. The van der Waals surface area contributed by atoms with Crippen molar-refractivity contribution in [2.24, 2.45) is 0 Å². The predicted molar refractivity (Wildman–Crippen MR) is 85.2 cm³/mol. The molecular weight excluding hydrogens is 248 g/mol. The van der Waals surface area contributed by atoms with Crippen LogP contribution in [0.3, 0.4) is 0 Å². The molecule has 0 saturated heterocycles. The molecule has 112 valence electrons. The van der Waals surface area contributed by atoms with Crippen molar-refractivity contribution < 1.29 is 5.11 Å². The molecule has 0 aromatic heterocycles. The van der Waals surface area contributed by atoms with Gasteiger partial charge in [0, 0.05) is 30.4 Å². The molecule has 0 aliphatic heterocycles.